The summed E-state index contributed by atoms with van der Waals surface area (Å²) in [5.74, 6) is -1.22. The number of hydrogen-bond donors (Lipinski definition) is 1. The number of hydrogen-bond acceptors (Lipinski definition) is 12. The lowest BCUT2D eigenvalue weighted by atomic mass is 9.78. The van der Waals surface area contributed by atoms with E-state index in [9.17, 15) is 19.7 Å². The number of carbonyl (C=O) groups is 1. The molecular weight excluding hydrogens is 767 g/mol. The number of nitrogens with two attached hydrogens (primary N) is 1. The number of fused-ring (bicyclic) bond motifs is 3. The molecule has 18 heteroatoms. The van der Waals surface area contributed by atoms with E-state index in [1.165, 1.54) is 18.5 Å². The number of rotatable bonds is 8. The van der Waals surface area contributed by atoms with Crippen LogP contribution in [0.5, 0.6) is 6.01 Å². The fourth-order valence-electron chi connectivity index (χ4n) is 9.27. The summed E-state index contributed by atoms with van der Waals surface area (Å²) >= 11 is 7.81. The van der Waals surface area contributed by atoms with Gasteiger partial charge in [0.25, 0.3) is 5.82 Å². The van der Waals surface area contributed by atoms with Crippen LogP contribution in [0.1, 0.15) is 50.4 Å². The highest BCUT2D eigenvalue weighted by Crippen LogP contribution is 2.56. The van der Waals surface area contributed by atoms with Crippen molar-refractivity contribution in [3.05, 3.63) is 52.6 Å². The van der Waals surface area contributed by atoms with E-state index in [0.717, 1.165) is 48.2 Å². The molecule has 3 aliphatic heterocycles. The van der Waals surface area contributed by atoms with Crippen molar-refractivity contribution in [3.63, 3.8) is 0 Å². The topological polar surface area (TPSA) is 166 Å². The molecule has 3 aromatic heterocycles. The van der Waals surface area contributed by atoms with Crippen molar-refractivity contribution < 1.29 is 22.7 Å². The molecule has 1 aliphatic carbocycles. The molecule has 3 saturated heterocycles. The van der Waals surface area contributed by atoms with Crippen molar-refractivity contribution in [1.29, 1.82) is 10.5 Å². The molecule has 2 N–H and O–H groups in total. The highest BCUT2D eigenvalue weighted by atomic mass is 35.5. The number of alkyl halides is 1. The minimum atomic E-state index is -0.981. The number of likely N-dealkylation sites (tertiary alicyclic amines) is 1. The van der Waals surface area contributed by atoms with Crippen LogP contribution < -0.4 is 15.4 Å². The van der Waals surface area contributed by atoms with E-state index < -0.39 is 23.3 Å². The second kappa shape index (κ2) is 13.2. The first-order valence-corrected chi connectivity index (χ1v) is 19.5. The molecule has 0 unspecified atom stereocenters. The Morgan fingerprint density at radius 1 is 1.20 bits per heavy atom. The first-order valence-electron chi connectivity index (χ1n) is 18.3. The van der Waals surface area contributed by atoms with Crippen molar-refractivity contribution in [2.75, 3.05) is 50.5 Å². The zero-order chi connectivity index (χ0) is 39.3. The minimum Gasteiger partial charge on any atom is -0.461 e. The summed E-state index contributed by atoms with van der Waals surface area (Å²) in [5.41, 5.74) is 5.46. The van der Waals surface area contributed by atoms with Gasteiger partial charge in [0.1, 0.15) is 53.4 Å². The summed E-state index contributed by atoms with van der Waals surface area (Å²) in [6, 6.07) is 7.35. The summed E-state index contributed by atoms with van der Waals surface area (Å²) in [4.78, 5) is 32.5. The van der Waals surface area contributed by atoms with E-state index in [-0.39, 0.29) is 89.6 Å². The van der Waals surface area contributed by atoms with Gasteiger partial charge in [0, 0.05) is 61.4 Å². The standard InChI is InChI=1S/C38H35ClF3N11O2S/c1-37(7-8-37)32-19(15-52(32)36(54)53-18-46-26(13-44)49-53)14-50(2)34-22-10-24(39)28(21-4-5-25(41)31-27(21)23(12-43)33(45)56-31)29(42)30(22)47-35(48-34)55-17-38-6-3-9-51(38)16-20(40)11-38/h4-5,10,18-20,32H,3,6-9,11,14-17,45H2,1-2H3/t19-,20-,32+,38+/m1/s1. The maximum Gasteiger partial charge on any atom is 0.346 e. The third-order valence-corrected chi connectivity index (χ3v) is 13.5. The molecule has 4 aliphatic rings. The van der Waals surface area contributed by atoms with Crippen LogP contribution in [0.2, 0.25) is 5.02 Å². The Bertz CT molecular complexity index is 2550. The van der Waals surface area contributed by atoms with Crippen molar-refractivity contribution >= 4 is 60.8 Å². The Balaban J connectivity index is 1.11. The number of aromatic nitrogens is 5. The van der Waals surface area contributed by atoms with Crippen molar-refractivity contribution in [2.24, 2.45) is 11.3 Å². The number of anilines is 2. The summed E-state index contributed by atoms with van der Waals surface area (Å²) in [6.45, 7) is 4.14. The largest absolute Gasteiger partial charge is 0.461 e. The molecular formula is C38H35ClF3N11O2S. The molecule has 1 saturated carbocycles. The lowest BCUT2D eigenvalue weighted by Gasteiger charge is -2.52. The molecule has 6 heterocycles. The average molecular weight is 802 g/mol. The number of carbonyl (C=O) groups excluding carboxylic acids is 1. The van der Waals surface area contributed by atoms with Crippen LogP contribution >= 0.6 is 22.9 Å². The Morgan fingerprint density at radius 3 is 2.73 bits per heavy atom. The molecule has 2 aromatic carbocycles. The molecule has 13 nitrogen and oxygen atoms in total. The predicted molar refractivity (Wildman–Crippen MR) is 203 cm³/mol. The Labute approximate surface area is 328 Å². The maximum atomic E-state index is 17.2. The predicted octanol–water partition coefficient (Wildman–Crippen LogP) is 6.52. The molecule has 1 amide bonds. The zero-order valence-electron chi connectivity index (χ0n) is 30.4. The van der Waals surface area contributed by atoms with Crippen LogP contribution in [0, 0.1) is 45.6 Å². The van der Waals surface area contributed by atoms with Gasteiger partial charge in [-0.05, 0) is 55.3 Å². The molecule has 4 atom stereocenters. The first-order chi connectivity index (χ1) is 26.8. The monoisotopic (exact) mass is 801 g/mol. The lowest BCUT2D eigenvalue weighted by molar-refractivity contribution is 0.0101. The van der Waals surface area contributed by atoms with Gasteiger partial charge in [0.05, 0.1) is 20.8 Å². The third-order valence-electron chi connectivity index (χ3n) is 12.1. The van der Waals surface area contributed by atoms with E-state index in [4.69, 9.17) is 27.1 Å². The van der Waals surface area contributed by atoms with Gasteiger partial charge in [-0.1, -0.05) is 24.6 Å². The second-order valence-electron chi connectivity index (χ2n) is 15.7. The molecule has 56 heavy (non-hydrogen) atoms. The quantitative estimate of drug-likeness (QED) is 0.182. The van der Waals surface area contributed by atoms with Gasteiger partial charge >= 0.3 is 12.0 Å². The van der Waals surface area contributed by atoms with Crippen molar-refractivity contribution in [3.8, 4) is 29.3 Å². The summed E-state index contributed by atoms with van der Waals surface area (Å²) in [7, 11) is 1.82. The second-order valence-corrected chi connectivity index (χ2v) is 17.1. The van der Waals surface area contributed by atoms with Crippen LogP contribution in [0.4, 0.5) is 28.8 Å². The Kier molecular flexibility index (Phi) is 8.57. The lowest BCUT2D eigenvalue weighted by Crippen LogP contribution is -2.65. The number of thiophene rings is 1. The number of nitrogen functional groups attached to an aromatic ring is 1. The first kappa shape index (κ1) is 36.4. The average Bonchev–Trinajstić information content (AvgIpc) is 3.53. The Hall–Kier alpha value is -5.23. The maximum absolute atomic E-state index is 17.2. The van der Waals surface area contributed by atoms with Gasteiger partial charge in [-0.15, -0.1) is 16.4 Å². The van der Waals surface area contributed by atoms with Crippen molar-refractivity contribution in [2.45, 2.75) is 56.8 Å². The highest BCUT2D eigenvalue weighted by molar-refractivity contribution is 7.23. The van der Waals surface area contributed by atoms with Crippen LogP contribution in [0.3, 0.4) is 0 Å². The molecule has 4 fully saturated rings. The smallest absolute Gasteiger partial charge is 0.346 e. The zero-order valence-corrected chi connectivity index (χ0v) is 32.0. The van der Waals surface area contributed by atoms with Gasteiger partial charge in [-0.3, -0.25) is 4.90 Å². The number of halogens is 4. The van der Waals surface area contributed by atoms with Gasteiger partial charge in [0.2, 0.25) is 0 Å². The van der Waals surface area contributed by atoms with Gasteiger partial charge in [-0.25, -0.2) is 22.9 Å². The van der Waals surface area contributed by atoms with E-state index in [0.29, 0.717) is 31.9 Å². The summed E-state index contributed by atoms with van der Waals surface area (Å²) in [5, 5.41) is 23.6. The molecule has 0 spiro atoms. The van der Waals surface area contributed by atoms with E-state index in [2.05, 4.69) is 26.9 Å². The van der Waals surface area contributed by atoms with Crippen LogP contribution in [-0.4, -0.2) is 98.1 Å². The van der Waals surface area contributed by atoms with E-state index >= 15 is 8.78 Å². The number of amides is 1. The fourth-order valence-corrected chi connectivity index (χ4v) is 10.5. The summed E-state index contributed by atoms with van der Waals surface area (Å²) in [6.07, 6.45) is 4.08. The number of benzene rings is 2. The van der Waals surface area contributed by atoms with Crippen LogP contribution in [-0.2, 0) is 0 Å². The molecule has 0 radical (unpaired) electrons. The normalized spacial score (nSPS) is 23.9. The van der Waals surface area contributed by atoms with Crippen LogP contribution in [0.15, 0.2) is 24.5 Å². The molecule has 9 rings (SSSR count). The molecule has 0 bridgehead atoms. The summed E-state index contributed by atoms with van der Waals surface area (Å²) < 4.78 is 54.4. The molecule has 288 valence electrons. The van der Waals surface area contributed by atoms with Crippen LogP contribution in [0.25, 0.3) is 32.1 Å². The third kappa shape index (κ3) is 5.70. The number of nitrogens with zero attached hydrogens (tertiary/aromatic N) is 10. The van der Waals surface area contributed by atoms with Gasteiger partial charge in [-0.2, -0.15) is 25.2 Å². The Morgan fingerprint density at radius 2 is 2.00 bits per heavy atom. The van der Waals surface area contributed by atoms with Gasteiger partial charge < -0.3 is 20.3 Å². The number of ether oxygens (including phenoxy) is 1. The molecule has 5 aromatic rings. The van der Waals surface area contributed by atoms with Crippen molar-refractivity contribution in [1.82, 2.24) is 34.5 Å². The van der Waals surface area contributed by atoms with E-state index in [1.54, 1.807) is 11.0 Å². The SMILES string of the molecule is CN(C[C@@H]1CN(C(=O)n2cnc(C#N)n2)[C@@H]1C1(C)CC1)c1nc(OC[C@@]23CCCN2C[C@H](F)C3)nc2c(F)c(-c3ccc(F)c4sc(N)c(C#N)c34)c(Cl)cc12. The highest BCUT2D eigenvalue weighted by Gasteiger charge is 2.58. The number of nitriles is 2. The van der Waals surface area contributed by atoms with Gasteiger partial charge in [0.15, 0.2) is 5.82 Å². The fraction of sp³-hybridized carbons (Fsp3) is 0.447. The minimum absolute atomic E-state index is 0.0164. The van der Waals surface area contributed by atoms with E-state index in [1.807, 2.05) is 24.1 Å².